The first-order chi connectivity index (χ1) is 15.2. The average Bonchev–Trinajstić information content (AvgIpc) is 3.43. The van der Waals surface area contributed by atoms with E-state index < -0.39 is 28.3 Å². The Hall–Kier alpha value is -3.54. The van der Waals surface area contributed by atoms with Crippen molar-refractivity contribution in [3.8, 4) is 5.82 Å². The molecule has 1 atom stereocenters. The van der Waals surface area contributed by atoms with Gasteiger partial charge >= 0.3 is 5.97 Å². The van der Waals surface area contributed by atoms with Crippen LogP contribution in [0.3, 0.4) is 0 Å². The van der Waals surface area contributed by atoms with E-state index in [1.807, 2.05) is 0 Å². The summed E-state index contributed by atoms with van der Waals surface area (Å²) in [5, 5.41) is 11.1. The van der Waals surface area contributed by atoms with Crippen LogP contribution in [0.1, 0.15) is 34.2 Å². The monoisotopic (exact) mass is 458 g/mol. The number of esters is 1. The van der Waals surface area contributed by atoms with Crippen LogP contribution in [0.15, 0.2) is 36.7 Å². The van der Waals surface area contributed by atoms with Crippen molar-refractivity contribution in [1.29, 1.82) is 0 Å². The van der Waals surface area contributed by atoms with Crippen molar-refractivity contribution in [1.82, 2.24) is 24.5 Å². The lowest BCUT2D eigenvalue weighted by Gasteiger charge is -2.13. The lowest BCUT2D eigenvalue weighted by molar-refractivity contribution is -0.119. The molecule has 12 heteroatoms. The van der Waals surface area contributed by atoms with E-state index in [0.29, 0.717) is 29.4 Å². The molecule has 4 heterocycles. The van der Waals surface area contributed by atoms with Gasteiger partial charge in [-0.25, -0.2) is 27.6 Å². The molecule has 1 amide bonds. The van der Waals surface area contributed by atoms with Gasteiger partial charge in [0.2, 0.25) is 0 Å². The zero-order chi connectivity index (χ0) is 22.9. The highest BCUT2D eigenvalue weighted by atomic mass is 32.2. The predicted octanol–water partition coefficient (Wildman–Crippen LogP) is 1.24. The van der Waals surface area contributed by atoms with Gasteiger partial charge in [0.15, 0.2) is 22.3 Å². The topological polar surface area (TPSA) is 138 Å². The molecule has 4 rings (SSSR count). The molecule has 1 unspecified atom stereocenters. The first-order valence-corrected chi connectivity index (χ1v) is 11.8. The smallest absolute Gasteiger partial charge is 0.342 e. The molecule has 32 heavy (non-hydrogen) atoms. The van der Waals surface area contributed by atoms with Crippen molar-refractivity contribution in [2.24, 2.45) is 0 Å². The molecular formula is C20H22N6O5S. The first-order valence-electron chi connectivity index (χ1n) is 9.93. The minimum Gasteiger partial charge on any atom is -0.452 e. The van der Waals surface area contributed by atoms with E-state index >= 15 is 0 Å². The molecule has 168 valence electrons. The van der Waals surface area contributed by atoms with E-state index in [0.717, 1.165) is 0 Å². The fourth-order valence-electron chi connectivity index (χ4n) is 3.56. The van der Waals surface area contributed by atoms with Crippen LogP contribution in [0.4, 0.5) is 5.82 Å². The number of sulfone groups is 1. The van der Waals surface area contributed by atoms with E-state index in [-0.39, 0.29) is 23.1 Å². The Bertz CT molecular complexity index is 1260. The zero-order valence-electron chi connectivity index (χ0n) is 17.6. The number of carbonyl (C=O) groups excluding carboxylic acids is 2. The molecule has 0 saturated carbocycles. The van der Waals surface area contributed by atoms with Crippen LogP contribution in [0.5, 0.6) is 0 Å². The minimum atomic E-state index is -3.11. The predicted molar refractivity (Wildman–Crippen MR) is 114 cm³/mol. The van der Waals surface area contributed by atoms with Gasteiger partial charge in [-0.1, -0.05) is 6.07 Å². The number of rotatable bonds is 6. The normalized spacial score (nSPS) is 17.2. The number of ether oxygens (including phenoxy) is 1. The molecule has 3 aromatic heterocycles. The number of pyridine rings is 1. The largest absolute Gasteiger partial charge is 0.452 e. The minimum absolute atomic E-state index is 0.0223. The van der Waals surface area contributed by atoms with Crippen molar-refractivity contribution < 1.29 is 22.7 Å². The Kier molecular flexibility index (Phi) is 5.78. The quantitative estimate of drug-likeness (QED) is 0.545. The molecule has 11 nitrogen and oxygen atoms in total. The summed E-state index contributed by atoms with van der Waals surface area (Å²) in [5.74, 6) is -0.260. The number of anilines is 1. The highest BCUT2D eigenvalue weighted by Gasteiger charge is 2.31. The van der Waals surface area contributed by atoms with Crippen LogP contribution >= 0.6 is 0 Å². The second-order valence-electron chi connectivity index (χ2n) is 7.54. The standard InChI is InChI=1S/C20H22N6O5S/c1-13-9-18(26(24-13)15-6-8-32(29,30)12-15)23-19(27)11-31-20(28)16-10-22-25(14(16)2)17-5-3-4-7-21-17/h3-5,7,9-10,15H,6,8,11-12H2,1-2H3,(H,23,27). The van der Waals surface area contributed by atoms with Gasteiger partial charge in [-0.15, -0.1) is 0 Å². The Morgan fingerprint density at radius 2 is 2.09 bits per heavy atom. The van der Waals surface area contributed by atoms with Crippen LogP contribution in [-0.4, -0.2) is 63.0 Å². The summed E-state index contributed by atoms with van der Waals surface area (Å²) < 4.78 is 31.7. The molecule has 0 bridgehead atoms. The summed E-state index contributed by atoms with van der Waals surface area (Å²) >= 11 is 0. The Balaban J connectivity index is 1.39. The number of aromatic nitrogens is 5. The van der Waals surface area contributed by atoms with Crippen molar-refractivity contribution >= 4 is 27.5 Å². The summed E-state index contributed by atoms with van der Waals surface area (Å²) in [6.45, 7) is 2.94. The molecule has 0 radical (unpaired) electrons. The summed E-state index contributed by atoms with van der Waals surface area (Å²) in [7, 11) is -3.11. The summed E-state index contributed by atoms with van der Waals surface area (Å²) in [5.41, 5.74) is 1.39. The van der Waals surface area contributed by atoms with E-state index in [1.165, 1.54) is 15.6 Å². The molecule has 1 N–H and O–H groups in total. The number of nitrogens with zero attached hydrogens (tertiary/aromatic N) is 5. The molecule has 0 aliphatic carbocycles. The fraction of sp³-hybridized carbons (Fsp3) is 0.350. The molecule has 3 aromatic rings. The maximum Gasteiger partial charge on any atom is 0.342 e. The van der Waals surface area contributed by atoms with Crippen molar-refractivity contribution in [2.75, 3.05) is 23.4 Å². The van der Waals surface area contributed by atoms with Crippen LogP contribution in [0.2, 0.25) is 0 Å². The van der Waals surface area contributed by atoms with Gasteiger partial charge < -0.3 is 10.1 Å². The number of hydrogen-bond acceptors (Lipinski definition) is 8. The van der Waals surface area contributed by atoms with E-state index in [9.17, 15) is 18.0 Å². The Labute approximate surface area is 184 Å². The van der Waals surface area contributed by atoms with Crippen molar-refractivity contribution in [3.63, 3.8) is 0 Å². The molecule has 1 aliphatic rings. The molecule has 1 fully saturated rings. The number of aryl methyl sites for hydroxylation is 1. The first kappa shape index (κ1) is 21.7. The van der Waals surface area contributed by atoms with Gasteiger partial charge in [0.25, 0.3) is 5.91 Å². The summed E-state index contributed by atoms with van der Waals surface area (Å²) in [4.78, 5) is 29.0. The highest BCUT2D eigenvalue weighted by Crippen LogP contribution is 2.27. The third-order valence-corrected chi connectivity index (χ3v) is 6.86. The van der Waals surface area contributed by atoms with Crippen LogP contribution in [0, 0.1) is 13.8 Å². The van der Waals surface area contributed by atoms with Gasteiger partial charge in [0.1, 0.15) is 11.4 Å². The molecule has 1 aliphatic heterocycles. The second kappa shape index (κ2) is 8.54. The molecule has 1 saturated heterocycles. The van der Waals surface area contributed by atoms with Gasteiger partial charge in [-0.05, 0) is 32.4 Å². The van der Waals surface area contributed by atoms with Gasteiger partial charge in [-0.2, -0.15) is 10.2 Å². The highest BCUT2D eigenvalue weighted by molar-refractivity contribution is 7.91. The number of amides is 1. The Morgan fingerprint density at radius 3 is 2.78 bits per heavy atom. The lowest BCUT2D eigenvalue weighted by Crippen LogP contribution is -2.24. The third kappa shape index (κ3) is 4.54. The average molecular weight is 459 g/mol. The lowest BCUT2D eigenvalue weighted by atomic mass is 10.2. The van der Waals surface area contributed by atoms with Gasteiger partial charge in [0.05, 0.1) is 35.1 Å². The maximum atomic E-state index is 12.5. The summed E-state index contributed by atoms with van der Waals surface area (Å²) in [6.07, 6.45) is 3.41. The second-order valence-corrected chi connectivity index (χ2v) is 9.77. The zero-order valence-corrected chi connectivity index (χ0v) is 18.4. The van der Waals surface area contributed by atoms with Crippen LogP contribution in [0.25, 0.3) is 5.82 Å². The third-order valence-electron chi connectivity index (χ3n) is 5.11. The van der Waals surface area contributed by atoms with E-state index in [2.05, 4.69) is 20.5 Å². The van der Waals surface area contributed by atoms with Crippen molar-refractivity contribution in [2.45, 2.75) is 26.3 Å². The fourth-order valence-corrected chi connectivity index (χ4v) is 5.26. The van der Waals surface area contributed by atoms with Crippen molar-refractivity contribution in [3.05, 3.63) is 53.6 Å². The Morgan fingerprint density at radius 1 is 1.28 bits per heavy atom. The van der Waals surface area contributed by atoms with E-state index in [1.54, 1.807) is 44.3 Å². The number of hydrogen-bond donors (Lipinski definition) is 1. The molecular weight excluding hydrogens is 436 g/mol. The SMILES string of the molecule is Cc1cc(NC(=O)COC(=O)c2cnn(-c3ccccn3)c2C)n(C2CCS(=O)(=O)C2)n1. The maximum absolute atomic E-state index is 12.5. The van der Waals surface area contributed by atoms with Gasteiger partial charge in [-0.3, -0.25) is 4.79 Å². The van der Waals surface area contributed by atoms with Crippen LogP contribution in [-0.2, 0) is 19.4 Å². The van der Waals surface area contributed by atoms with Gasteiger partial charge in [0, 0.05) is 12.3 Å². The van der Waals surface area contributed by atoms with E-state index in [4.69, 9.17) is 4.74 Å². The molecule has 0 spiro atoms. The number of nitrogens with one attached hydrogen (secondary N) is 1. The number of carbonyl (C=O) groups is 2. The van der Waals surface area contributed by atoms with Crippen LogP contribution < -0.4 is 5.32 Å². The molecule has 0 aromatic carbocycles. The summed E-state index contributed by atoms with van der Waals surface area (Å²) in [6, 6.07) is 6.63.